The Kier molecular flexibility index (Phi) is 7.53. The zero-order chi connectivity index (χ0) is 37.0. The molecule has 262 valence electrons. The minimum atomic E-state index is 1.10. The predicted octanol–water partition coefficient (Wildman–Crippen LogP) is 15.0. The molecule has 0 unspecified atom stereocenters. The number of hydrogen-bond donors (Lipinski definition) is 0. The molecule has 11 rings (SSSR count). The van der Waals surface area contributed by atoms with Crippen LogP contribution >= 0.6 is 0 Å². The lowest BCUT2D eigenvalue weighted by Gasteiger charge is -2.26. The van der Waals surface area contributed by atoms with E-state index in [1.165, 1.54) is 76.4 Å². The average Bonchev–Trinajstić information content (AvgIpc) is 3.62. The van der Waals surface area contributed by atoms with E-state index in [1.807, 2.05) is 0 Å². The molecule has 1 heterocycles. The maximum Gasteiger partial charge on any atom is 0.0547 e. The molecule has 10 aromatic carbocycles. The second-order valence-corrected chi connectivity index (χ2v) is 14.5. The van der Waals surface area contributed by atoms with Gasteiger partial charge in [0.15, 0.2) is 0 Å². The van der Waals surface area contributed by atoms with Crippen LogP contribution in [0.3, 0.4) is 0 Å². The molecule has 0 radical (unpaired) electrons. The third kappa shape index (κ3) is 5.11. The van der Waals surface area contributed by atoms with Gasteiger partial charge >= 0.3 is 0 Å². The SMILES string of the molecule is c1ccc(-c2cccc3c2c2ccccc2n3-c2ccccc2-c2ccc(N(c3ccccc3)c3ccc4c5ccccc5c5ccccc5c4c3)cc2)cc1. The molecule has 11 aromatic rings. The lowest BCUT2D eigenvalue weighted by atomic mass is 9.94. The third-order valence-electron chi connectivity index (χ3n) is 11.4. The number of anilines is 3. The Morgan fingerprint density at radius 2 is 0.768 bits per heavy atom. The van der Waals surface area contributed by atoms with Crippen LogP contribution in [0.15, 0.2) is 218 Å². The highest BCUT2D eigenvalue weighted by atomic mass is 15.1. The maximum absolute atomic E-state index is 2.44. The Hall–Kier alpha value is -7.42. The van der Waals surface area contributed by atoms with E-state index >= 15 is 0 Å². The minimum absolute atomic E-state index is 1.10. The fraction of sp³-hybridized carbons (Fsp3) is 0. The zero-order valence-corrected chi connectivity index (χ0v) is 30.7. The van der Waals surface area contributed by atoms with E-state index in [4.69, 9.17) is 0 Å². The van der Waals surface area contributed by atoms with Crippen molar-refractivity contribution >= 4 is 71.2 Å². The van der Waals surface area contributed by atoms with E-state index in [9.17, 15) is 0 Å². The fourth-order valence-electron chi connectivity index (χ4n) is 8.90. The molecule has 2 heteroatoms. The number of nitrogens with zero attached hydrogens (tertiary/aromatic N) is 2. The quantitative estimate of drug-likeness (QED) is 0.156. The van der Waals surface area contributed by atoms with E-state index in [2.05, 4.69) is 228 Å². The van der Waals surface area contributed by atoms with Crippen molar-refractivity contribution in [3.63, 3.8) is 0 Å². The van der Waals surface area contributed by atoms with Gasteiger partial charge in [-0.25, -0.2) is 0 Å². The molecule has 0 spiro atoms. The monoisotopic (exact) mass is 712 g/mol. The van der Waals surface area contributed by atoms with Crippen LogP contribution < -0.4 is 4.90 Å². The highest BCUT2D eigenvalue weighted by Crippen LogP contribution is 2.43. The standard InChI is InChI=1S/C54H36N2/c1-3-16-37(17-4-1)43-26-15-29-53-54(43)49-25-12-14-28-52(49)56(53)51-27-13-11-20-42(51)38-30-32-40(33-31-38)55(39-18-5-2-6-19-39)41-34-35-48-46-23-8-7-21-44(46)45-22-9-10-24-47(45)50(48)36-41/h1-36H. The summed E-state index contributed by atoms with van der Waals surface area (Å²) in [6, 6.07) is 79.3. The van der Waals surface area contributed by atoms with Gasteiger partial charge in [0.25, 0.3) is 0 Å². The van der Waals surface area contributed by atoms with Crippen molar-refractivity contribution in [1.82, 2.24) is 4.57 Å². The second kappa shape index (κ2) is 13.2. The molecule has 0 atom stereocenters. The van der Waals surface area contributed by atoms with E-state index < -0.39 is 0 Å². The zero-order valence-electron chi connectivity index (χ0n) is 30.7. The molecular formula is C54H36N2. The van der Waals surface area contributed by atoms with Crippen LogP contribution in [0.4, 0.5) is 17.1 Å². The molecule has 0 aliphatic heterocycles. The van der Waals surface area contributed by atoms with Gasteiger partial charge in [-0.05, 0) is 104 Å². The average molecular weight is 713 g/mol. The maximum atomic E-state index is 2.44. The molecular weight excluding hydrogens is 677 g/mol. The van der Waals surface area contributed by atoms with E-state index in [-0.39, 0.29) is 0 Å². The van der Waals surface area contributed by atoms with Crippen molar-refractivity contribution in [2.24, 2.45) is 0 Å². The Balaban J connectivity index is 1.06. The van der Waals surface area contributed by atoms with Crippen molar-refractivity contribution in [1.29, 1.82) is 0 Å². The van der Waals surface area contributed by atoms with Crippen LogP contribution in [-0.2, 0) is 0 Å². The number of para-hydroxylation sites is 3. The first kappa shape index (κ1) is 32.0. The van der Waals surface area contributed by atoms with Crippen LogP contribution in [0.25, 0.3) is 82.1 Å². The van der Waals surface area contributed by atoms with Gasteiger partial charge < -0.3 is 9.47 Å². The summed E-state index contributed by atoms with van der Waals surface area (Å²) in [6.07, 6.45) is 0. The van der Waals surface area contributed by atoms with Crippen molar-refractivity contribution in [3.8, 4) is 27.9 Å². The summed E-state index contributed by atoms with van der Waals surface area (Å²) in [5.74, 6) is 0. The van der Waals surface area contributed by atoms with Crippen LogP contribution in [0.2, 0.25) is 0 Å². The first-order chi connectivity index (χ1) is 27.8. The summed E-state index contributed by atoms with van der Waals surface area (Å²) in [5.41, 5.74) is 11.7. The number of fused-ring (bicyclic) bond motifs is 9. The van der Waals surface area contributed by atoms with Crippen molar-refractivity contribution < 1.29 is 0 Å². The Morgan fingerprint density at radius 3 is 1.48 bits per heavy atom. The Bertz CT molecular complexity index is 3200. The molecule has 1 aromatic heterocycles. The molecule has 0 aliphatic rings. The van der Waals surface area contributed by atoms with Crippen LogP contribution in [0, 0.1) is 0 Å². The summed E-state index contributed by atoms with van der Waals surface area (Å²) in [6.45, 7) is 0. The normalized spacial score (nSPS) is 11.6. The van der Waals surface area contributed by atoms with Gasteiger partial charge in [-0.15, -0.1) is 0 Å². The molecule has 0 saturated carbocycles. The highest BCUT2D eigenvalue weighted by molar-refractivity contribution is 6.26. The fourth-order valence-corrected chi connectivity index (χ4v) is 8.90. The highest BCUT2D eigenvalue weighted by Gasteiger charge is 2.19. The summed E-state index contributed by atoms with van der Waals surface area (Å²) in [7, 11) is 0. The molecule has 0 saturated heterocycles. The number of hydrogen-bond acceptors (Lipinski definition) is 1. The van der Waals surface area contributed by atoms with Gasteiger partial charge in [-0.2, -0.15) is 0 Å². The first-order valence-corrected chi connectivity index (χ1v) is 19.3. The number of aromatic nitrogens is 1. The van der Waals surface area contributed by atoms with E-state index in [1.54, 1.807) is 0 Å². The molecule has 0 bridgehead atoms. The Labute approximate surface area is 325 Å². The molecule has 0 amide bonds. The van der Waals surface area contributed by atoms with Gasteiger partial charge in [0.05, 0.1) is 16.7 Å². The van der Waals surface area contributed by atoms with Crippen LogP contribution in [0.5, 0.6) is 0 Å². The molecule has 56 heavy (non-hydrogen) atoms. The van der Waals surface area contributed by atoms with Crippen molar-refractivity contribution in [3.05, 3.63) is 218 Å². The number of benzene rings is 10. The van der Waals surface area contributed by atoms with Crippen LogP contribution in [0.1, 0.15) is 0 Å². The van der Waals surface area contributed by atoms with Gasteiger partial charge in [-0.1, -0.05) is 164 Å². The van der Waals surface area contributed by atoms with Gasteiger partial charge in [0, 0.05) is 33.4 Å². The van der Waals surface area contributed by atoms with Gasteiger partial charge in [-0.3, -0.25) is 0 Å². The summed E-state index contributed by atoms with van der Waals surface area (Å²) < 4.78 is 2.44. The number of rotatable bonds is 6. The molecule has 0 fully saturated rings. The third-order valence-corrected chi connectivity index (χ3v) is 11.4. The molecule has 0 aliphatic carbocycles. The van der Waals surface area contributed by atoms with Crippen LogP contribution in [-0.4, -0.2) is 4.57 Å². The lowest BCUT2D eigenvalue weighted by molar-refractivity contribution is 1.18. The molecule has 0 N–H and O–H groups in total. The Morgan fingerprint density at radius 1 is 0.286 bits per heavy atom. The summed E-state index contributed by atoms with van der Waals surface area (Å²) >= 11 is 0. The second-order valence-electron chi connectivity index (χ2n) is 14.5. The topological polar surface area (TPSA) is 8.17 Å². The first-order valence-electron chi connectivity index (χ1n) is 19.3. The summed E-state index contributed by atoms with van der Waals surface area (Å²) in [5, 5.41) is 10.2. The predicted molar refractivity (Wildman–Crippen MR) is 239 cm³/mol. The lowest BCUT2D eigenvalue weighted by Crippen LogP contribution is -2.09. The van der Waals surface area contributed by atoms with E-state index in [0.29, 0.717) is 0 Å². The van der Waals surface area contributed by atoms with E-state index in [0.717, 1.165) is 22.7 Å². The van der Waals surface area contributed by atoms with Crippen molar-refractivity contribution in [2.45, 2.75) is 0 Å². The summed E-state index contributed by atoms with van der Waals surface area (Å²) in [4.78, 5) is 2.37. The minimum Gasteiger partial charge on any atom is -0.310 e. The van der Waals surface area contributed by atoms with Gasteiger partial charge in [0.1, 0.15) is 0 Å². The molecule has 2 nitrogen and oxygen atoms in total. The largest absolute Gasteiger partial charge is 0.310 e. The van der Waals surface area contributed by atoms with Gasteiger partial charge in [0.2, 0.25) is 0 Å². The van der Waals surface area contributed by atoms with Crippen molar-refractivity contribution in [2.75, 3.05) is 4.90 Å². The smallest absolute Gasteiger partial charge is 0.0547 e.